The van der Waals surface area contributed by atoms with Crippen molar-refractivity contribution in [1.82, 2.24) is 10.2 Å². The van der Waals surface area contributed by atoms with E-state index < -0.39 is 0 Å². The van der Waals surface area contributed by atoms with Crippen LogP contribution in [0.3, 0.4) is 0 Å². The van der Waals surface area contributed by atoms with E-state index in [1.165, 1.54) is 36.0 Å². The Labute approximate surface area is 158 Å². The van der Waals surface area contributed by atoms with Crippen molar-refractivity contribution in [2.75, 3.05) is 31.2 Å². The van der Waals surface area contributed by atoms with Gasteiger partial charge in [-0.3, -0.25) is 9.59 Å². The molecule has 1 aliphatic rings. The lowest BCUT2D eigenvalue weighted by molar-refractivity contribution is -0.131. The molecule has 1 aromatic rings. The van der Waals surface area contributed by atoms with Gasteiger partial charge in [-0.25, -0.2) is 4.39 Å². The molecule has 1 heterocycles. The third-order valence-electron chi connectivity index (χ3n) is 4.04. The number of amides is 2. The molecule has 2 atom stereocenters. The second-order valence-corrected chi connectivity index (χ2v) is 7.22. The molecule has 2 amide bonds. The molecule has 25 heavy (non-hydrogen) atoms. The standard InChI is InChI=1S/C17H24FN3O2S.ClH/c1-12(17(23)21-9-3-4-15(21)10-19-2)24-11-16(22)20-14-7-5-13(18)6-8-14;/h5-8,12,15,19H,3-4,9-11H2,1-2H3,(H,20,22);1H. The van der Waals surface area contributed by atoms with Crippen molar-refractivity contribution < 1.29 is 14.0 Å². The molecule has 2 N–H and O–H groups in total. The lowest BCUT2D eigenvalue weighted by atomic mass is 10.2. The Morgan fingerprint density at radius 1 is 1.36 bits per heavy atom. The summed E-state index contributed by atoms with van der Waals surface area (Å²) in [6.07, 6.45) is 2.05. The van der Waals surface area contributed by atoms with E-state index in [-0.39, 0.29) is 47.1 Å². The maximum atomic E-state index is 12.8. The Balaban J connectivity index is 0.00000312. The second kappa shape index (κ2) is 10.6. The van der Waals surface area contributed by atoms with Crippen LogP contribution in [0.2, 0.25) is 0 Å². The van der Waals surface area contributed by atoms with Gasteiger partial charge in [-0.15, -0.1) is 24.2 Å². The van der Waals surface area contributed by atoms with Gasteiger partial charge in [0, 0.05) is 24.8 Å². The third kappa shape index (κ3) is 6.49. The third-order valence-corrected chi connectivity index (χ3v) is 5.17. The van der Waals surface area contributed by atoms with Gasteiger partial charge in [-0.1, -0.05) is 0 Å². The fourth-order valence-electron chi connectivity index (χ4n) is 2.81. The molecule has 0 radical (unpaired) electrons. The molecule has 5 nitrogen and oxygen atoms in total. The summed E-state index contributed by atoms with van der Waals surface area (Å²) in [4.78, 5) is 26.4. The van der Waals surface area contributed by atoms with Crippen LogP contribution in [0.15, 0.2) is 24.3 Å². The molecule has 1 fully saturated rings. The predicted octanol–water partition coefficient (Wildman–Crippen LogP) is 2.52. The highest BCUT2D eigenvalue weighted by Gasteiger charge is 2.31. The van der Waals surface area contributed by atoms with Gasteiger partial charge in [0.05, 0.1) is 11.0 Å². The van der Waals surface area contributed by atoms with E-state index in [9.17, 15) is 14.0 Å². The summed E-state index contributed by atoms with van der Waals surface area (Å²) in [5.74, 6) is -0.260. The molecule has 8 heteroatoms. The van der Waals surface area contributed by atoms with Crippen molar-refractivity contribution >= 4 is 41.7 Å². The first-order valence-electron chi connectivity index (χ1n) is 8.13. The quantitative estimate of drug-likeness (QED) is 0.752. The first-order chi connectivity index (χ1) is 11.5. The number of halogens is 2. The van der Waals surface area contributed by atoms with E-state index in [2.05, 4.69) is 10.6 Å². The molecule has 0 spiro atoms. The zero-order valence-electron chi connectivity index (χ0n) is 14.5. The molecule has 0 aromatic heterocycles. The number of likely N-dealkylation sites (N-methyl/N-ethyl adjacent to an activating group) is 1. The van der Waals surface area contributed by atoms with Gasteiger partial charge in [0.1, 0.15) is 5.82 Å². The minimum Gasteiger partial charge on any atom is -0.337 e. The Morgan fingerprint density at radius 3 is 2.68 bits per heavy atom. The number of likely N-dealkylation sites (tertiary alicyclic amines) is 1. The van der Waals surface area contributed by atoms with Gasteiger partial charge < -0.3 is 15.5 Å². The molecular weight excluding hydrogens is 365 g/mol. The van der Waals surface area contributed by atoms with Gasteiger partial charge in [0.15, 0.2) is 0 Å². The zero-order chi connectivity index (χ0) is 17.5. The van der Waals surface area contributed by atoms with Crippen LogP contribution >= 0.6 is 24.2 Å². The van der Waals surface area contributed by atoms with Crippen LogP contribution in [0.25, 0.3) is 0 Å². The predicted molar refractivity (Wildman–Crippen MR) is 103 cm³/mol. The summed E-state index contributed by atoms with van der Waals surface area (Å²) in [7, 11) is 1.89. The number of carbonyl (C=O) groups excluding carboxylic acids is 2. The first-order valence-corrected chi connectivity index (χ1v) is 9.18. The van der Waals surface area contributed by atoms with Crippen molar-refractivity contribution in [3.05, 3.63) is 30.1 Å². The number of hydrogen-bond donors (Lipinski definition) is 2. The van der Waals surface area contributed by atoms with Crippen LogP contribution in [0.1, 0.15) is 19.8 Å². The lowest BCUT2D eigenvalue weighted by Gasteiger charge is -2.27. The van der Waals surface area contributed by atoms with Crippen molar-refractivity contribution in [2.24, 2.45) is 0 Å². The van der Waals surface area contributed by atoms with Crippen LogP contribution in [-0.2, 0) is 9.59 Å². The van der Waals surface area contributed by atoms with Gasteiger partial charge in [-0.05, 0) is 51.1 Å². The lowest BCUT2D eigenvalue weighted by Crippen LogP contribution is -2.44. The molecule has 1 aliphatic heterocycles. The maximum Gasteiger partial charge on any atom is 0.235 e. The van der Waals surface area contributed by atoms with E-state index in [4.69, 9.17) is 0 Å². The van der Waals surface area contributed by atoms with Crippen LogP contribution in [0.4, 0.5) is 10.1 Å². The van der Waals surface area contributed by atoms with Crippen LogP contribution < -0.4 is 10.6 Å². The summed E-state index contributed by atoms with van der Waals surface area (Å²) in [5.41, 5.74) is 0.551. The Kier molecular flexibility index (Phi) is 9.24. The molecule has 0 aliphatic carbocycles. The highest BCUT2D eigenvalue weighted by Crippen LogP contribution is 2.22. The van der Waals surface area contributed by atoms with Crippen LogP contribution in [-0.4, -0.2) is 53.9 Å². The largest absolute Gasteiger partial charge is 0.337 e. The Morgan fingerprint density at radius 2 is 2.04 bits per heavy atom. The highest BCUT2D eigenvalue weighted by atomic mass is 35.5. The minimum absolute atomic E-state index is 0. The topological polar surface area (TPSA) is 61.4 Å². The molecule has 1 aromatic carbocycles. The van der Waals surface area contributed by atoms with E-state index >= 15 is 0 Å². The fourth-order valence-corrected chi connectivity index (χ4v) is 3.56. The van der Waals surface area contributed by atoms with E-state index in [0.29, 0.717) is 5.69 Å². The average Bonchev–Trinajstić information content (AvgIpc) is 3.02. The van der Waals surface area contributed by atoms with E-state index in [1.807, 2.05) is 18.9 Å². The second-order valence-electron chi connectivity index (χ2n) is 5.89. The molecule has 0 saturated carbocycles. The molecule has 1 saturated heterocycles. The van der Waals surface area contributed by atoms with Crippen molar-refractivity contribution in [2.45, 2.75) is 31.1 Å². The SMILES string of the molecule is CNCC1CCCN1C(=O)C(C)SCC(=O)Nc1ccc(F)cc1.Cl. The summed E-state index contributed by atoms with van der Waals surface area (Å²) in [5, 5.41) is 5.56. The highest BCUT2D eigenvalue weighted by molar-refractivity contribution is 8.01. The first kappa shape index (κ1) is 21.7. The number of carbonyl (C=O) groups is 2. The van der Waals surface area contributed by atoms with Crippen molar-refractivity contribution in [3.63, 3.8) is 0 Å². The average molecular weight is 390 g/mol. The number of rotatable bonds is 7. The van der Waals surface area contributed by atoms with Crippen molar-refractivity contribution in [3.8, 4) is 0 Å². The number of thioether (sulfide) groups is 1. The molecule has 140 valence electrons. The summed E-state index contributed by atoms with van der Waals surface area (Å²) < 4.78 is 12.8. The monoisotopic (exact) mass is 389 g/mol. The molecule has 2 unspecified atom stereocenters. The summed E-state index contributed by atoms with van der Waals surface area (Å²) >= 11 is 1.32. The molecule has 0 bridgehead atoms. The Hall–Kier alpha value is -1.31. The summed E-state index contributed by atoms with van der Waals surface area (Å²) in [6, 6.07) is 5.87. The number of hydrogen-bond acceptors (Lipinski definition) is 4. The number of anilines is 1. The van der Waals surface area contributed by atoms with Gasteiger partial charge >= 0.3 is 0 Å². The van der Waals surface area contributed by atoms with E-state index in [0.717, 1.165) is 25.9 Å². The molecule has 2 rings (SSSR count). The fraction of sp³-hybridized carbons (Fsp3) is 0.529. The van der Waals surface area contributed by atoms with Crippen LogP contribution in [0.5, 0.6) is 0 Å². The summed E-state index contributed by atoms with van der Waals surface area (Å²) in [6.45, 7) is 3.43. The normalized spacial score (nSPS) is 17.7. The number of benzene rings is 1. The molecular formula is C17H25ClFN3O2S. The van der Waals surface area contributed by atoms with Crippen LogP contribution in [0, 0.1) is 5.82 Å². The van der Waals surface area contributed by atoms with E-state index in [1.54, 1.807) is 0 Å². The maximum absolute atomic E-state index is 12.8. The van der Waals surface area contributed by atoms with Crippen molar-refractivity contribution in [1.29, 1.82) is 0 Å². The van der Waals surface area contributed by atoms with Gasteiger partial charge in [0.25, 0.3) is 0 Å². The smallest absolute Gasteiger partial charge is 0.235 e. The zero-order valence-corrected chi connectivity index (χ0v) is 16.1. The van der Waals surface area contributed by atoms with Gasteiger partial charge in [-0.2, -0.15) is 0 Å². The number of nitrogens with zero attached hydrogens (tertiary/aromatic N) is 1. The van der Waals surface area contributed by atoms with Gasteiger partial charge in [0.2, 0.25) is 11.8 Å². The minimum atomic E-state index is -0.344. The number of nitrogens with one attached hydrogen (secondary N) is 2. The Bertz CT molecular complexity index is 574.